The van der Waals surface area contributed by atoms with Gasteiger partial charge in [0, 0.05) is 18.3 Å². The summed E-state index contributed by atoms with van der Waals surface area (Å²) in [5.74, 6) is -0.132. The van der Waals surface area contributed by atoms with E-state index in [0.29, 0.717) is 12.3 Å². The number of carbonyl (C=O) groups is 1. The molecule has 1 heterocycles. The van der Waals surface area contributed by atoms with Gasteiger partial charge < -0.3 is 10.8 Å². The molecule has 2 atom stereocenters. The van der Waals surface area contributed by atoms with Gasteiger partial charge in [0.1, 0.15) is 6.04 Å². The van der Waals surface area contributed by atoms with Crippen LogP contribution < -0.4 is 5.73 Å². The molecule has 13 heavy (non-hydrogen) atoms. The summed E-state index contributed by atoms with van der Waals surface area (Å²) in [6.07, 6.45) is 1.70. The van der Waals surface area contributed by atoms with Crippen molar-refractivity contribution in [2.75, 3.05) is 18.8 Å². The van der Waals surface area contributed by atoms with Gasteiger partial charge in [0.05, 0.1) is 0 Å². The summed E-state index contributed by atoms with van der Waals surface area (Å²) in [4.78, 5) is 12.7. The van der Waals surface area contributed by atoms with Gasteiger partial charge in [-0.05, 0) is 19.4 Å². The summed E-state index contributed by atoms with van der Waals surface area (Å²) in [6.45, 7) is 1.49. The summed E-state index contributed by atoms with van der Waals surface area (Å²) >= 11 is 4.07. The Kier molecular flexibility index (Phi) is 4.02. The smallest absolute Gasteiger partial charge is 0.320 e. The Morgan fingerprint density at radius 2 is 2.46 bits per heavy atom. The summed E-state index contributed by atoms with van der Waals surface area (Å²) in [7, 11) is 0. The zero-order valence-electron chi connectivity index (χ0n) is 7.52. The van der Waals surface area contributed by atoms with Gasteiger partial charge >= 0.3 is 5.97 Å². The molecule has 1 fully saturated rings. The fraction of sp³-hybridized carbons (Fsp3) is 0.875. The lowest BCUT2D eigenvalue weighted by molar-refractivity contribution is -0.142. The molecule has 0 spiro atoms. The highest BCUT2D eigenvalue weighted by Gasteiger charge is 2.30. The first-order chi connectivity index (χ1) is 6.15. The molecule has 0 aromatic carbocycles. The summed E-state index contributed by atoms with van der Waals surface area (Å²) in [5.41, 5.74) is 5.70. The molecular formula is C8H16N2O2S. The van der Waals surface area contributed by atoms with Crippen molar-refractivity contribution in [2.24, 2.45) is 5.73 Å². The van der Waals surface area contributed by atoms with Crippen molar-refractivity contribution in [3.05, 3.63) is 0 Å². The van der Waals surface area contributed by atoms with Crippen LogP contribution in [-0.2, 0) is 4.79 Å². The van der Waals surface area contributed by atoms with Crippen molar-refractivity contribution in [1.29, 1.82) is 0 Å². The van der Waals surface area contributed by atoms with Gasteiger partial charge in [-0.15, -0.1) is 0 Å². The van der Waals surface area contributed by atoms with E-state index in [0.717, 1.165) is 19.4 Å². The predicted molar refractivity (Wildman–Crippen MR) is 54.1 cm³/mol. The zero-order valence-corrected chi connectivity index (χ0v) is 8.41. The Bertz CT molecular complexity index is 189. The average molecular weight is 204 g/mol. The molecule has 1 rings (SSSR count). The Morgan fingerprint density at radius 3 is 3.00 bits per heavy atom. The molecular weight excluding hydrogens is 188 g/mol. The van der Waals surface area contributed by atoms with E-state index in [1.54, 1.807) is 0 Å². The van der Waals surface area contributed by atoms with E-state index in [1.165, 1.54) is 0 Å². The topological polar surface area (TPSA) is 66.6 Å². The van der Waals surface area contributed by atoms with E-state index in [9.17, 15) is 4.79 Å². The number of nitrogens with zero attached hydrogens (tertiary/aromatic N) is 1. The first-order valence-electron chi connectivity index (χ1n) is 4.48. The molecule has 0 bridgehead atoms. The predicted octanol–water partition coefficient (Wildman–Crippen LogP) is -0.208. The molecule has 0 radical (unpaired) electrons. The van der Waals surface area contributed by atoms with Crippen LogP contribution in [0.5, 0.6) is 0 Å². The summed E-state index contributed by atoms with van der Waals surface area (Å²) in [5, 5.41) is 8.87. The lowest BCUT2D eigenvalue weighted by Gasteiger charge is -2.23. The van der Waals surface area contributed by atoms with Crippen LogP contribution in [-0.4, -0.2) is 46.9 Å². The van der Waals surface area contributed by atoms with E-state index < -0.39 is 5.97 Å². The van der Waals surface area contributed by atoms with E-state index in [2.05, 4.69) is 12.6 Å². The average Bonchev–Trinajstić information content (AvgIpc) is 2.52. The number of rotatable bonds is 4. The van der Waals surface area contributed by atoms with Crippen LogP contribution in [0.1, 0.15) is 12.8 Å². The second kappa shape index (κ2) is 4.83. The third kappa shape index (κ3) is 2.86. The second-order valence-corrected chi connectivity index (χ2v) is 3.80. The molecule has 76 valence electrons. The second-order valence-electron chi connectivity index (χ2n) is 3.43. The van der Waals surface area contributed by atoms with E-state index in [-0.39, 0.29) is 12.1 Å². The Hall–Kier alpha value is -0.260. The summed E-state index contributed by atoms with van der Waals surface area (Å²) < 4.78 is 0. The maximum atomic E-state index is 10.8. The molecule has 3 N–H and O–H groups in total. The highest BCUT2D eigenvalue weighted by molar-refractivity contribution is 7.80. The van der Waals surface area contributed by atoms with Crippen molar-refractivity contribution in [3.63, 3.8) is 0 Å². The van der Waals surface area contributed by atoms with Crippen molar-refractivity contribution >= 4 is 18.6 Å². The first-order valence-corrected chi connectivity index (χ1v) is 5.11. The third-order valence-corrected chi connectivity index (χ3v) is 2.82. The Morgan fingerprint density at radius 1 is 1.77 bits per heavy atom. The zero-order chi connectivity index (χ0) is 9.84. The number of aliphatic carboxylic acids is 1. The maximum Gasteiger partial charge on any atom is 0.320 e. The molecule has 0 aromatic rings. The molecule has 1 aliphatic heterocycles. The van der Waals surface area contributed by atoms with Gasteiger partial charge in [-0.1, -0.05) is 0 Å². The van der Waals surface area contributed by atoms with Gasteiger partial charge in [0.15, 0.2) is 0 Å². The molecule has 0 aliphatic carbocycles. The maximum absolute atomic E-state index is 10.8. The molecule has 4 nitrogen and oxygen atoms in total. The van der Waals surface area contributed by atoms with E-state index >= 15 is 0 Å². The van der Waals surface area contributed by atoms with Gasteiger partial charge in [-0.3, -0.25) is 9.69 Å². The Balaban J connectivity index is 2.44. The highest BCUT2D eigenvalue weighted by atomic mass is 32.1. The number of carboxylic acids is 1. The van der Waals surface area contributed by atoms with Crippen molar-refractivity contribution < 1.29 is 9.90 Å². The molecule has 0 amide bonds. The van der Waals surface area contributed by atoms with Crippen LogP contribution in [0.4, 0.5) is 0 Å². The molecule has 5 heteroatoms. The number of hydrogen-bond acceptors (Lipinski definition) is 4. The van der Waals surface area contributed by atoms with Gasteiger partial charge in [0.25, 0.3) is 0 Å². The fourth-order valence-corrected chi connectivity index (χ4v) is 1.80. The van der Waals surface area contributed by atoms with E-state index in [4.69, 9.17) is 10.8 Å². The van der Waals surface area contributed by atoms with Gasteiger partial charge in [-0.25, -0.2) is 0 Å². The van der Waals surface area contributed by atoms with Crippen LogP contribution in [0.3, 0.4) is 0 Å². The van der Waals surface area contributed by atoms with Crippen LogP contribution in [0, 0.1) is 0 Å². The summed E-state index contributed by atoms with van der Waals surface area (Å²) in [6, 6.07) is -0.353. The minimum atomic E-state index is -0.733. The van der Waals surface area contributed by atoms with Crippen LogP contribution in [0.2, 0.25) is 0 Å². The largest absolute Gasteiger partial charge is 0.480 e. The van der Waals surface area contributed by atoms with Crippen LogP contribution >= 0.6 is 12.6 Å². The molecule has 1 aliphatic rings. The molecule has 0 saturated carbocycles. The normalized spacial score (nSPS) is 26.2. The monoisotopic (exact) mass is 204 g/mol. The number of hydrogen-bond donors (Lipinski definition) is 3. The van der Waals surface area contributed by atoms with Gasteiger partial charge in [0.2, 0.25) is 0 Å². The van der Waals surface area contributed by atoms with Gasteiger partial charge in [-0.2, -0.15) is 12.6 Å². The van der Waals surface area contributed by atoms with Crippen LogP contribution in [0.15, 0.2) is 0 Å². The first kappa shape index (κ1) is 10.8. The third-order valence-electron chi connectivity index (χ3n) is 2.35. The minimum absolute atomic E-state index is 0.0247. The number of carboxylic acid groups (broad SMARTS) is 1. The molecule has 0 unspecified atom stereocenters. The standard InChI is InChI=1S/C8H16N2O2S/c9-6(5-13)4-10-3-1-2-7(10)8(11)12/h6-7,13H,1-5,9H2,(H,11,12)/t6-,7+/m1/s1. The van der Waals surface area contributed by atoms with Crippen molar-refractivity contribution in [3.8, 4) is 0 Å². The van der Waals surface area contributed by atoms with Crippen LogP contribution in [0.25, 0.3) is 0 Å². The lowest BCUT2D eigenvalue weighted by Crippen LogP contribution is -2.44. The molecule has 0 aromatic heterocycles. The van der Waals surface area contributed by atoms with Crippen molar-refractivity contribution in [2.45, 2.75) is 24.9 Å². The molecule has 1 saturated heterocycles. The Labute approximate surface area is 83.5 Å². The minimum Gasteiger partial charge on any atom is -0.480 e. The fourth-order valence-electron chi connectivity index (χ4n) is 1.68. The SMILES string of the molecule is N[C@@H](CS)CN1CCC[C@H]1C(=O)O. The number of likely N-dealkylation sites (tertiary alicyclic amines) is 1. The lowest BCUT2D eigenvalue weighted by atomic mass is 10.2. The van der Waals surface area contributed by atoms with Crippen molar-refractivity contribution in [1.82, 2.24) is 4.90 Å². The highest BCUT2D eigenvalue weighted by Crippen LogP contribution is 2.17. The number of nitrogens with two attached hydrogens (primary N) is 1. The quantitative estimate of drug-likeness (QED) is 0.554. The number of thiol groups is 1. The van der Waals surface area contributed by atoms with E-state index in [1.807, 2.05) is 4.90 Å².